The van der Waals surface area contributed by atoms with Crippen molar-refractivity contribution in [1.29, 1.82) is 0 Å². The molecule has 2 heterocycles. The molecule has 160 valence electrons. The summed E-state index contributed by atoms with van der Waals surface area (Å²) in [6.45, 7) is 2.03. The van der Waals surface area contributed by atoms with E-state index < -0.39 is 0 Å². The van der Waals surface area contributed by atoms with E-state index in [1.165, 1.54) is 43.2 Å². The zero-order valence-corrected chi connectivity index (χ0v) is 18.4. The van der Waals surface area contributed by atoms with Crippen molar-refractivity contribution in [1.82, 2.24) is 9.55 Å². The lowest BCUT2D eigenvalue weighted by atomic mass is 9.88. The molecule has 31 heavy (non-hydrogen) atoms. The summed E-state index contributed by atoms with van der Waals surface area (Å²) in [5, 5.41) is 0.749. The highest BCUT2D eigenvalue weighted by Gasteiger charge is 2.31. The lowest BCUT2D eigenvalue weighted by Gasteiger charge is -2.26. The molecule has 0 saturated heterocycles. The van der Waals surface area contributed by atoms with Gasteiger partial charge in [-0.2, -0.15) is 0 Å². The van der Waals surface area contributed by atoms with E-state index in [2.05, 4.69) is 50.9 Å². The standard InChI is InChI=1S/C25H28ClN5/c26-21-13-11-19(12-14-21)16-31-22-23(27)28-17-30(15-18-7-3-1-4-8-18)25(22)29-24(31)20-9-5-2-6-10-20/h1,3-4,7-8,11-14,20H,2,5-6,9-10,15-17H2,(H2,27,28). The number of benzene rings is 2. The van der Waals surface area contributed by atoms with Crippen molar-refractivity contribution in [2.75, 3.05) is 11.6 Å². The average Bonchev–Trinajstić information content (AvgIpc) is 3.19. The third kappa shape index (κ3) is 4.19. The van der Waals surface area contributed by atoms with Gasteiger partial charge in [-0.25, -0.2) is 9.98 Å². The Kier molecular flexibility index (Phi) is 5.68. The third-order valence-corrected chi connectivity index (χ3v) is 6.63. The van der Waals surface area contributed by atoms with Gasteiger partial charge in [-0.3, -0.25) is 0 Å². The molecule has 0 amide bonds. The Balaban J connectivity index is 1.56. The van der Waals surface area contributed by atoms with Crippen molar-refractivity contribution in [3.63, 3.8) is 0 Å². The minimum absolute atomic E-state index is 0.470. The SMILES string of the molecule is NC1=NCN(Cc2ccccc2)c2nc(C3CCCCC3)n(Cc3ccc(Cl)cc3)c21. The quantitative estimate of drug-likeness (QED) is 0.592. The Bertz CT molecular complexity index is 1070. The normalized spacial score (nSPS) is 16.8. The Morgan fingerprint density at radius 1 is 0.903 bits per heavy atom. The van der Waals surface area contributed by atoms with Crippen molar-refractivity contribution in [2.24, 2.45) is 10.7 Å². The summed E-state index contributed by atoms with van der Waals surface area (Å²) in [7, 11) is 0. The van der Waals surface area contributed by atoms with Gasteiger partial charge in [0.2, 0.25) is 0 Å². The van der Waals surface area contributed by atoms with E-state index >= 15 is 0 Å². The maximum Gasteiger partial charge on any atom is 0.160 e. The summed E-state index contributed by atoms with van der Waals surface area (Å²) in [6.07, 6.45) is 6.22. The molecule has 2 aromatic carbocycles. The highest BCUT2D eigenvalue weighted by atomic mass is 35.5. The Labute approximate surface area is 188 Å². The van der Waals surface area contributed by atoms with Gasteiger partial charge < -0.3 is 15.2 Å². The summed E-state index contributed by atoms with van der Waals surface area (Å²) in [4.78, 5) is 12.1. The number of aliphatic imine (C=N–C) groups is 1. The minimum atomic E-state index is 0.470. The van der Waals surface area contributed by atoms with E-state index in [1.54, 1.807) is 0 Å². The molecule has 1 aliphatic carbocycles. The first kappa shape index (κ1) is 20.1. The Morgan fingerprint density at radius 3 is 2.35 bits per heavy atom. The lowest BCUT2D eigenvalue weighted by molar-refractivity contribution is 0.418. The van der Waals surface area contributed by atoms with Gasteiger partial charge in [-0.15, -0.1) is 0 Å². The topological polar surface area (TPSA) is 59.4 Å². The number of amidine groups is 1. The smallest absolute Gasteiger partial charge is 0.160 e. The highest BCUT2D eigenvalue weighted by molar-refractivity contribution is 6.30. The number of fused-ring (bicyclic) bond motifs is 1. The van der Waals surface area contributed by atoms with Crippen molar-refractivity contribution in [3.05, 3.63) is 82.3 Å². The van der Waals surface area contributed by atoms with Crippen LogP contribution in [-0.4, -0.2) is 22.1 Å². The average molecular weight is 434 g/mol. The predicted octanol–water partition coefficient (Wildman–Crippen LogP) is 5.32. The molecule has 1 saturated carbocycles. The number of hydrogen-bond donors (Lipinski definition) is 1. The number of rotatable bonds is 5. The Morgan fingerprint density at radius 2 is 1.61 bits per heavy atom. The molecular weight excluding hydrogens is 406 g/mol. The van der Waals surface area contributed by atoms with E-state index in [0.29, 0.717) is 18.4 Å². The summed E-state index contributed by atoms with van der Waals surface area (Å²) < 4.78 is 2.31. The van der Waals surface area contributed by atoms with Gasteiger partial charge in [0.25, 0.3) is 0 Å². The molecule has 0 radical (unpaired) electrons. The number of anilines is 1. The third-order valence-electron chi connectivity index (χ3n) is 6.37. The van der Waals surface area contributed by atoms with Crippen LogP contribution in [0.2, 0.25) is 5.02 Å². The second-order valence-electron chi connectivity index (χ2n) is 8.56. The maximum atomic E-state index is 6.46. The van der Waals surface area contributed by atoms with Gasteiger partial charge in [0.1, 0.15) is 24.0 Å². The molecule has 0 spiro atoms. The van der Waals surface area contributed by atoms with Gasteiger partial charge in [-0.1, -0.05) is 73.3 Å². The molecule has 1 fully saturated rings. The largest absolute Gasteiger partial charge is 0.382 e. The summed E-state index contributed by atoms with van der Waals surface area (Å²) in [5.41, 5.74) is 9.86. The number of hydrogen-bond acceptors (Lipinski definition) is 4. The van der Waals surface area contributed by atoms with Gasteiger partial charge >= 0.3 is 0 Å². The van der Waals surface area contributed by atoms with Gasteiger partial charge in [0, 0.05) is 24.0 Å². The van der Waals surface area contributed by atoms with Crippen LogP contribution in [0.5, 0.6) is 0 Å². The van der Waals surface area contributed by atoms with Gasteiger partial charge in [0.05, 0.1) is 0 Å². The fourth-order valence-electron chi connectivity index (χ4n) is 4.77. The minimum Gasteiger partial charge on any atom is -0.382 e. The second-order valence-corrected chi connectivity index (χ2v) is 8.99. The van der Waals surface area contributed by atoms with E-state index in [0.717, 1.165) is 35.4 Å². The molecular formula is C25H28ClN5. The summed E-state index contributed by atoms with van der Waals surface area (Å²) in [5.74, 6) is 3.17. The fourth-order valence-corrected chi connectivity index (χ4v) is 4.89. The molecule has 2 N–H and O–H groups in total. The van der Waals surface area contributed by atoms with Crippen LogP contribution in [0.3, 0.4) is 0 Å². The van der Waals surface area contributed by atoms with Gasteiger partial charge in [0.15, 0.2) is 5.82 Å². The molecule has 2 aliphatic rings. The monoisotopic (exact) mass is 433 g/mol. The molecule has 0 bridgehead atoms. The van der Waals surface area contributed by atoms with E-state index in [4.69, 9.17) is 22.3 Å². The fraction of sp³-hybridized carbons (Fsp3) is 0.360. The lowest BCUT2D eigenvalue weighted by Crippen LogP contribution is -2.33. The van der Waals surface area contributed by atoms with Crippen LogP contribution >= 0.6 is 11.6 Å². The van der Waals surface area contributed by atoms with Crippen LogP contribution in [0, 0.1) is 0 Å². The second kappa shape index (κ2) is 8.75. The number of nitrogens with two attached hydrogens (primary N) is 1. The molecule has 5 nitrogen and oxygen atoms in total. The molecule has 1 aromatic heterocycles. The maximum absolute atomic E-state index is 6.46. The molecule has 6 heteroatoms. The number of nitrogens with zero attached hydrogens (tertiary/aromatic N) is 4. The highest BCUT2D eigenvalue weighted by Crippen LogP contribution is 2.37. The van der Waals surface area contributed by atoms with Gasteiger partial charge in [-0.05, 0) is 36.1 Å². The van der Waals surface area contributed by atoms with Crippen LogP contribution in [0.15, 0.2) is 59.6 Å². The molecule has 5 rings (SSSR count). The van der Waals surface area contributed by atoms with Crippen LogP contribution in [0.25, 0.3) is 0 Å². The molecule has 1 aliphatic heterocycles. The van der Waals surface area contributed by atoms with E-state index in [9.17, 15) is 0 Å². The van der Waals surface area contributed by atoms with Crippen molar-refractivity contribution >= 4 is 23.3 Å². The first-order valence-electron chi connectivity index (χ1n) is 11.1. The predicted molar refractivity (Wildman–Crippen MR) is 127 cm³/mol. The summed E-state index contributed by atoms with van der Waals surface area (Å²) >= 11 is 6.12. The number of halogens is 1. The zero-order valence-electron chi connectivity index (χ0n) is 17.7. The van der Waals surface area contributed by atoms with Crippen LogP contribution in [0.4, 0.5) is 5.82 Å². The van der Waals surface area contributed by atoms with Crippen molar-refractivity contribution in [2.45, 2.75) is 51.1 Å². The summed E-state index contributed by atoms with van der Waals surface area (Å²) in [6, 6.07) is 18.5. The van der Waals surface area contributed by atoms with Crippen LogP contribution < -0.4 is 10.6 Å². The molecule has 3 aromatic rings. The van der Waals surface area contributed by atoms with E-state index in [-0.39, 0.29) is 0 Å². The first-order valence-corrected chi connectivity index (χ1v) is 11.5. The first-order chi connectivity index (χ1) is 15.2. The zero-order chi connectivity index (χ0) is 21.2. The number of aromatic nitrogens is 2. The Hall–Kier alpha value is -2.79. The van der Waals surface area contributed by atoms with Crippen LogP contribution in [0.1, 0.15) is 60.7 Å². The molecule has 0 atom stereocenters. The van der Waals surface area contributed by atoms with E-state index in [1.807, 2.05) is 18.2 Å². The molecule has 0 unspecified atom stereocenters. The van der Waals surface area contributed by atoms with Crippen molar-refractivity contribution in [3.8, 4) is 0 Å². The number of imidazole rings is 1. The van der Waals surface area contributed by atoms with Crippen molar-refractivity contribution < 1.29 is 0 Å². The van der Waals surface area contributed by atoms with Crippen LogP contribution in [-0.2, 0) is 13.1 Å².